The topological polar surface area (TPSA) is 78.4 Å². The van der Waals surface area contributed by atoms with Crippen LogP contribution in [0, 0.1) is 0 Å². The zero-order valence-electron chi connectivity index (χ0n) is 21.1. The Bertz CT molecular complexity index is 1300. The Balaban J connectivity index is 1.20. The van der Waals surface area contributed by atoms with E-state index in [-0.39, 0.29) is 23.2 Å². The number of carbonyl (C=O) groups is 2. The number of carbonyl (C=O) groups excluding carboxylic acids is 2. The van der Waals surface area contributed by atoms with Crippen LogP contribution >= 0.6 is 23.1 Å². The second kappa shape index (κ2) is 12.0. The molecule has 4 heterocycles. The van der Waals surface area contributed by atoms with Crippen molar-refractivity contribution in [2.75, 3.05) is 42.1 Å². The molecule has 12 heteroatoms. The van der Waals surface area contributed by atoms with Crippen LogP contribution in [0.15, 0.2) is 53.0 Å². The molecule has 3 aromatic rings. The van der Waals surface area contributed by atoms with Gasteiger partial charge in [0.15, 0.2) is 0 Å². The number of anilines is 2. The number of amides is 2. The lowest BCUT2D eigenvalue weighted by Gasteiger charge is -2.31. The van der Waals surface area contributed by atoms with Crippen LogP contribution < -0.4 is 10.2 Å². The zero-order valence-corrected chi connectivity index (χ0v) is 22.7. The normalized spacial score (nSPS) is 16.5. The Labute approximate surface area is 232 Å². The summed E-state index contributed by atoms with van der Waals surface area (Å²) >= 11 is 2.86. The first kappa shape index (κ1) is 27.4. The highest BCUT2D eigenvalue weighted by molar-refractivity contribution is 8.00. The number of likely N-dealkylation sites (tertiary alicyclic amines) is 1. The van der Waals surface area contributed by atoms with Crippen LogP contribution in [0.3, 0.4) is 0 Å². The van der Waals surface area contributed by atoms with Gasteiger partial charge in [0.25, 0.3) is 5.91 Å². The third-order valence-electron chi connectivity index (χ3n) is 6.98. The fourth-order valence-corrected chi connectivity index (χ4v) is 6.62. The number of nitrogens with zero attached hydrogens (tertiary/aromatic N) is 4. The van der Waals surface area contributed by atoms with Gasteiger partial charge in [-0.1, -0.05) is 0 Å². The van der Waals surface area contributed by atoms with E-state index < -0.39 is 17.6 Å². The third-order valence-corrected chi connectivity index (χ3v) is 8.99. The highest BCUT2D eigenvalue weighted by atomic mass is 32.2. The molecule has 0 bridgehead atoms. The van der Waals surface area contributed by atoms with Crippen molar-refractivity contribution in [2.24, 2.45) is 0 Å². The van der Waals surface area contributed by atoms with Gasteiger partial charge in [-0.25, -0.2) is 4.98 Å². The van der Waals surface area contributed by atoms with Crippen molar-refractivity contribution >= 4 is 46.3 Å². The Morgan fingerprint density at radius 1 is 1.05 bits per heavy atom. The maximum atomic E-state index is 13.4. The average Bonchev–Trinajstić information content (AvgIpc) is 3.65. The second-order valence-electron chi connectivity index (χ2n) is 9.58. The molecular formula is C27H28F3N5O2S2. The van der Waals surface area contributed by atoms with Gasteiger partial charge in [-0.2, -0.15) is 13.2 Å². The molecule has 0 atom stereocenters. The molecule has 0 saturated carbocycles. The SMILES string of the molecule is O=C(Nc1cc(C(F)(F)F)ccc1N1CCCC1)c1csc(C2CCN(C(=O)CSc3ccncc3)CC2)n1. The molecule has 1 aromatic carbocycles. The second-order valence-corrected chi connectivity index (χ2v) is 11.5. The van der Waals surface area contributed by atoms with Crippen LogP contribution in [-0.4, -0.2) is 58.6 Å². The van der Waals surface area contributed by atoms with Crippen LogP contribution in [0.5, 0.6) is 0 Å². The van der Waals surface area contributed by atoms with Crippen molar-refractivity contribution in [3.05, 3.63) is 64.4 Å². The van der Waals surface area contributed by atoms with Crippen molar-refractivity contribution in [2.45, 2.75) is 42.7 Å². The number of thioether (sulfide) groups is 1. The molecule has 2 aliphatic heterocycles. The number of thiazole rings is 1. The van der Waals surface area contributed by atoms with E-state index in [0.29, 0.717) is 24.5 Å². The van der Waals surface area contributed by atoms with Crippen LogP contribution in [0.25, 0.3) is 0 Å². The van der Waals surface area contributed by atoms with Gasteiger partial charge in [0, 0.05) is 54.8 Å². The van der Waals surface area contributed by atoms with E-state index in [0.717, 1.165) is 60.8 Å². The Kier molecular flexibility index (Phi) is 8.41. The third kappa shape index (κ3) is 6.73. The number of benzene rings is 1. The molecule has 2 fully saturated rings. The molecule has 2 saturated heterocycles. The lowest BCUT2D eigenvalue weighted by atomic mass is 9.97. The smallest absolute Gasteiger partial charge is 0.370 e. The summed E-state index contributed by atoms with van der Waals surface area (Å²) in [5, 5.41) is 5.14. The molecule has 0 spiro atoms. The van der Waals surface area contributed by atoms with E-state index in [1.54, 1.807) is 17.8 Å². The average molecular weight is 576 g/mol. The van der Waals surface area contributed by atoms with Crippen LogP contribution in [0.1, 0.15) is 52.7 Å². The molecule has 39 heavy (non-hydrogen) atoms. The molecule has 206 valence electrons. The van der Waals surface area contributed by atoms with E-state index in [4.69, 9.17) is 0 Å². The molecule has 7 nitrogen and oxygen atoms in total. The van der Waals surface area contributed by atoms with Crippen molar-refractivity contribution < 1.29 is 22.8 Å². The summed E-state index contributed by atoms with van der Waals surface area (Å²) in [6.45, 7) is 2.70. The number of halogens is 3. The molecule has 1 N–H and O–H groups in total. The highest BCUT2D eigenvalue weighted by Crippen LogP contribution is 2.37. The van der Waals surface area contributed by atoms with Gasteiger partial charge in [0.2, 0.25) is 5.91 Å². The zero-order chi connectivity index (χ0) is 27.4. The highest BCUT2D eigenvalue weighted by Gasteiger charge is 2.32. The standard InChI is InChI=1S/C27H28F3N5O2S2/c28-27(29,30)19-3-4-23(34-11-1-2-12-34)21(15-19)32-25(37)22-16-39-26(33-22)18-7-13-35(14-8-18)24(36)17-38-20-5-9-31-10-6-20/h3-6,9-10,15-16,18H,1-2,7-8,11-14,17H2,(H,32,37). The predicted octanol–water partition coefficient (Wildman–Crippen LogP) is 5.91. The van der Waals surface area contributed by atoms with Gasteiger partial charge in [0.05, 0.1) is 27.7 Å². The summed E-state index contributed by atoms with van der Waals surface area (Å²) < 4.78 is 40.1. The van der Waals surface area contributed by atoms with E-state index in [9.17, 15) is 22.8 Å². The maximum Gasteiger partial charge on any atom is 0.416 e. The maximum absolute atomic E-state index is 13.4. The Hall–Kier alpha value is -3.12. The number of aromatic nitrogens is 2. The molecule has 0 unspecified atom stereocenters. The summed E-state index contributed by atoms with van der Waals surface area (Å²) in [5.41, 5.74) is 0.110. The number of piperidine rings is 1. The van der Waals surface area contributed by atoms with Gasteiger partial charge in [-0.15, -0.1) is 23.1 Å². The lowest BCUT2D eigenvalue weighted by Crippen LogP contribution is -2.38. The van der Waals surface area contributed by atoms with E-state index >= 15 is 0 Å². The van der Waals surface area contributed by atoms with Crippen molar-refractivity contribution in [1.29, 1.82) is 0 Å². The number of hydrogen-bond donors (Lipinski definition) is 1. The minimum absolute atomic E-state index is 0.0874. The quantitative estimate of drug-likeness (QED) is 0.353. The summed E-state index contributed by atoms with van der Waals surface area (Å²) in [7, 11) is 0. The van der Waals surface area contributed by atoms with Crippen LogP contribution in [0.2, 0.25) is 0 Å². The first-order valence-electron chi connectivity index (χ1n) is 12.8. The first-order chi connectivity index (χ1) is 18.8. The van der Waals surface area contributed by atoms with Crippen molar-refractivity contribution in [3.63, 3.8) is 0 Å². The van der Waals surface area contributed by atoms with Crippen LogP contribution in [0.4, 0.5) is 24.5 Å². The van der Waals surface area contributed by atoms with Gasteiger partial charge in [-0.3, -0.25) is 14.6 Å². The van der Waals surface area contributed by atoms with E-state index in [1.165, 1.54) is 29.2 Å². The summed E-state index contributed by atoms with van der Waals surface area (Å²) in [6, 6.07) is 7.24. The van der Waals surface area contributed by atoms with Crippen molar-refractivity contribution in [3.8, 4) is 0 Å². The number of pyridine rings is 1. The number of rotatable bonds is 7. The number of hydrogen-bond acceptors (Lipinski definition) is 7. The van der Waals surface area contributed by atoms with Crippen LogP contribution in [-0.2, 0) is 11.0 Å². The Morgan fingerprint density at radius 3 is 2.46 bits per heavy atom. The van der Waals surface area contributed by atoms with E-state index in [2.05, 4.69) is 15.3 Å². The van der Waals surface area contributed by atoms with Gasteiger partial charge < -0.3 is 15.1 Å². The molecule has 5 rings (SSSR count). The predicted molar refractivity (Wildman–Crippen MR) is 146 cm³/mol. The number of nitrogens with one attached hydrogen (secondary N) is 1. The van der Waals surface area contributed by atoms with Gasteiger partial charge >= 0.3 is 6.18 Å². The molecule has 2 aromatic heterocycles. The molecule has 0 aliphatic carbocycles. The number of alkyl halides is 3. The first-order valence-corrected chi connectivity index (χ1v) is 14.7. The van der Waals surface area contributed by atoms with Gasteiger partial charge in [0.1, 0.15) is 5.69 Å². The summed E-state index contributed by atoms with van der Waals surface area (Å²) in [6.07, 6.45) is 2.29. The lowest BCUT2D eigenvalue weighted by molar-refractivity contribution is -0.137. The largest absolute Gasteiger partial charge is 0.416 e. The molecule has 2 amide bonds. The van der Waals surface area contributed by atoms with Crippen molar-refractivity contribution in [1.82, 2.24) is 14.9 Å². The minimum atomic E-state index is -4.51. The van der Waals surface area contributed by atoms with E-state index in [1.807, 2.05) is 21.9 Å². The summed E-state index contributed by atoms with van der Waals surface area (Å²) in [4.78, 5) is 39.1. The monoisotopic (exact) mass is 575 g/mol. The minimum Gasteiger partial charge on any atom is -0.370 e. The molecule has 2 aliphatic rings. The fraction of sp³-hybridized carbons (Fsp3) is 0.407. The fourth-order valence-electron chi connectivity index (χ4n) is 4.86. The summed E-state index contributed by atoms with van der Waals surface area (Å²) in [5.74, 6) is 0.0510. The Morgan fingerprint density at radius 2 is 1.77 bits per heavy atom. The molecule has 0 radical (unpaired) electrons. The van der Waals surface area contributed by atoms with Gasteiger partial charge in [-0.05, 0) is 56.0 Å². The molecular weight excluding hydrogens is 547 g/mol.